The normalized spacial score (nSPS) is 15.5. The molecule has 0 bridgehead atoms. The average molecular weight is 452 g/mol. The quantitative estimate of drug-likeness (QED) is 0.657. The molecule has 0 atom stereocenters. The van der Waals surface area contributed by atoms with Gasteiger partial charge in [0.05, 0.1) is 7.11 Å². The van der Waals surface area contributed by atoms with E-state index in [2.05, 4.69) is 15.4 Å². The maximum absolute atomic E-state index is 12.4. The van der Waals surface area contributed by atoms with Crippen LogP contribution in [0.1, 0.15) is 18.4 Å². The van der Waals surface area contributed by atoms with Crippen LogP contribution in [-0.4, -0.2) is 45.0 Å². The van der Waals surface area contributed by atoms with Gasteiger partial charge in [-0.05, 0) is 54.8 Å². The molecule has 1 aliphatic heterocycles. The Labute approximate surface area is 182 Å². The number of carbonyl (C=O) groups is 2. The number of halogens is 3. The fourth-order valence-electron chi connectivity index (χ4n) is 3.53. The van der Waals surface area contributed by atoms with E-state index in [1.54, 1.807) is 7.11 Å². The van der Waals surface area contributed by atoms with Crippen LogP contribution in [0.4, 0.5) is 18.9 Å². The summed E-state index contributed by atoms with van der Waals surface area (Å²) in [6.45, 7) is 1.29. The lowest BCUT2D eigenvalue weighted by Gasteiger charge is -2.38. The fraction of sp³-hybridized carbons (Fsp3) is 0.364. The van der Waals surface area contributed by atoms with E-state index in [-0.39, 0.29) is 12.2 Å². The van der Waals surface area contributed by atoms with Crippen LogP contribution in [-0.2, 0) is 19.7 Å². The van der Waals surface area contributed by atoms with Crippen molar-refractivity contribution in [2.45, 2.75) is 24.6 Å². The second kappa shape index (κ2) is 9.90. The molecule has 172 valence electrons. The number of methoxy groups -OCH3 is 1. The Morgan fingerprint density at radius 1 is 0.969 bits per heavy atom. The fourth-order valence-corrected chi connectivity index (χ4v) is 3.53. The van der Waals surface area contributed by atoms with Crippen LogP contribution in [0.15, 0.2) is 48.5 Å². The van der Waals surface area contributed by atoms with Crippen molar-refractivity contribution >= 4 is 17.5 Å². The van der Waals surface area contributed by atoms with Gasteiger partial charge >= 0.3 is 18.2 Å². The second-order valence-corrected chi connectivity index (χ2v) is 7.33. The molecule has 0 saturated carbocycles. The monoisotopic (exact) mass is 452 g/mol. The van der Waals surface area contributed by atoms with E-state index < -0.39 is 29.3 Å². The van der Waals surface area contributed by atoms with Gasteiger partial charge in [-0.2, -0.15) is 0 Å². The van der Waals surface area contributed by atoms with Gasteiger partial charge in [-0.1, -0.05) is 12.1 Å². The zero-order valence-corrected chi connectivity index (χ0v) is 17.3. The van der Waals surface area contributed by atoms with Crippen LogP contribution in [0.25, 0.3) is 0 Å². The minimum Gasteiger partial charge on any atom is -0.497 e. The van der Waals surface area contributed by atoms with E-state index in [0.29, 0.717) is 31.8 Å². The summed E-state index contributed by atoms with van der Waals surface area (Å²) in [6, 6.07) is 12.1. The number of hydrogen-bond donors (Lipinski definition) is 2. The molecule has 0 aromatic heterocycles. The molecule has 10 heteroatoms. The molecule has 32 heavy (non-hydrogen) atoms. The molecule has 1 saturated heterocycles. The predicted octanol–water partition coefficient (Wildman–Crippen LogP) is 3.40. The second-order valence-electron chi connectivity index (χ2n) is 7.33. The number of rotatable bonds is 6. The highest BCUT2D eigenvalue weighted by molar-refractivity contribution is 6.39. The highest BCUT2D eigenvalue weighted by atomic mass is 19.4. The lowest BCUT2D eigenvalue weighted by molar-refractivity contribution is -0.274. The summed E-state index contributed by atoms with van der Waals surface area (Å²) in [6.07, 6.45) is -3.47. The Morgan fingerprint density at radius 3 is 2.12 bits per heavy atom. The molecule has 2 N–H and O–H groups in total. The largest absolute Gasteiger partial charge is 0.573 e. The Morgan fingerprint density at radius 2 is 1.56 bits per heavy atom. The van der Waals surface area contributed by atoms with Crippen LogP contribution in [0, 0.1) is 0 Å². The van der Waals surface area contributed by atoms with Gasteiger partial charge < -0.3 is 24.8 Å². The van der Waals surface area contributed by atoms with Crippen molar-refractivity contribution in [1.29, 1.82) is 0 Å². The summed E-state index contributed by atoms with van der Waals surface area (Å²) in [5, 5.41) is 5.03. The molecule has 2 aromatic rings. The van der Waals surface area contributed by atoms with Crippen LogP contribution in [0.5, 0.6) is 11.5 Å². The summed E-state index contributed by atoms with van der Waals surface area (Å²) < 4.78 is 51.1. The van der Waals surface area contributed by atoms with Crippen molar-refractivity contribution in [2.75, 3.05) is 32.2 Å². The standard InChI is InChI=1S/C22H23F3N2O5/c1-30-17-6-2-15(3-7-17)21(10-12-31-13-11-21)14-26-19(28)20(29)27-16-4-8-18(9-5-16)32-22(23,24)25/h2-9H,10-14H2,1H3,(H,26,28)(H,27,29). The van der Waals surface area contributed by atoms with Gasteiger partial charge in [-0.15, -0.1) is 13.2 Å². The first-order valence-corrected chi connectivity index (χ1v) is 9.88. The summed E-state index contributed by atoms with van der Waals surface area (Å²) in [7, 11) is 1.58. The molecule has 3 rings (SSSR count). The lowest BCUT2D eigenvalue weighted by Crippen LogP contribution is -2.47. The van der Waals surface area contributed by atoms with Gasteiger partial charge in [0.1, 0.15) is 11.5 Å². The third-order valence-electron chi connectivity index (χ3n) is 5.29. The molecule has 0 aliphatic carbocycles. The number of hydrogen-bond acceptors (Lipinski definition) is 5. The topological polar surface area (TPSA) is 85.9 Å². The number of carbonyl (C=O) groups excluding carboxylic acids is 2. The zero-order valence-electron chi connectivity index (χ0n) is 17.3. The van der Waals surface area contributed by atoms with E-state index in [9.17, 15) is 22.8 Å². The first kappa shape index (κ1) is 23.4. The molecule has 1 aliphatic rings. The third kappa shape index (κ3) is 6.13. The molecule has 2 amide bonds. The van der Waals surface area contributed by atoms with E-state index in [1.807, 2.05) is 24.3 Å². The van der Waals surface area contributed by atoms with E-state index in [4.69, 9.17) is 9.47 Å². The molecule has 1 heterocycles. The minimum atomic E-state index is -4.81. The number of amides is 2. The van der Waals surface area contributed by atoms with Gasteiger partial charge in [0, 0.05) is 30.9 Å². The van der Waals surface area contributed by atoms with Gasteiger partial charge in [0.15, 0.2) is 0 Å². The van der Waals surface area contributed by atoms with E-state index in [1.165, 1.54) is 12.1 Å². The summed E-state index contributed by atoms with van der Waals surface area (Å²) >= 11 is 0. The molecular weight excluding hydrogens is 429 g/mol. The van der Waals surface area contributed by atoms with E-state index in [0.717, 1.165) is 17.7 Å². The van der Waals surface area contributed by atoms with Crippen LogP contribution >= 0.6 is 0 Å². The first-order chi connectivity index (χ1) is 15.2. The number of ether oxygens (including phenoxy) is 3. The SMILES string of the molecule is COc1ccc(C2(CNC(=O)C(=O)Nc3ccc(OC(F)(F)F)cc3)CCOCC2)cc1. The Balaban J connectivity index is 1.61. The molecule has 1 fully saturated rings. The van der Waals surface area contributed by atoms with Crippen LogP contribution in [0.3, 0.4) is 0 Å². The highest BCUT2D eigenvalue weighted by Crippen LogP contribution is 2.35. The van der Waals surface area contributed by atoms with Gasteiger partial charge in [0.2, 0.25) is 0 Å². The number of nitrogens with one attached hydrogen (secondary N) is 2. The van der Waals surface area contributed by atoms with Crippen molar-refractivity contribution in [3.63, 3.8) is 0 Å². The maximum Gasteiger partial charge on any atom is 0.573 e. The van der Waals surface area contributed by atoms with Crippen molar-refractivity contribution in [3.05, 3.63) is 54.1 Å². The summed E-state index contributed by atoms with van der Waals surface area (Å²) in [5.74, 6) is -1.49. The van der Waals surface area contributed by atoms with Crippen molar-refractivity contribution < 1.29 is 37.0 Å². The van der Waals surface area contributed by atoms with Gasteiger partial charge in [-0.3, -0.25) is 9.59 Å². The molecular formula is C22H23F3N2O5. The Bertz CT molecular complexity index is 924. The average Bonchev–Trinajstić information content (AvgIpc) is 2.78. The molecule has 0 radical (unpaired) electrons. The Kier molecular flexibility index (Phi) is 7.24. The summed E-state index contributed by atoms with van der Waals surface area (Å²) in [5.41, 5.74) is 0.773. The molecule has 0 spiro atoms. The van der Waals surface area contributed by atoms with Crippen LogP contribution in [0.2, 0.25) is 0 Å². The predicted molar refractivity (Wildman–Crippen MR) is 109 cm³/mol. The Hall–Kier alpha value is -3.27. The first-order valence-electron chi connectivity index (χ1n) is 9.88. The van der Waals surface area contributed by atoms with Crippen molar-refractivity contribution in [1.82, 2.24) is 5.32 Å². The smallest absolute Gasteiger partial charge is 0.497 e. The summed E-state index contributed by atoms with van der Waals surface area (Å²) in [4.78, 5) is 24.6. The molecule has 7 nitrogen and oxygen atoms in total. The lowest BCUT2D eigenvalue weighted by atomic mass is 9.74. The molecule has 2 aromatic carbocycles. The minimum absolute atomic E-state index is 0.163. The van der Waals surface area contributed by atoms with E-state index >= 15 is 0 Å². The molecule has 0 unspecified atom stereocenters. The number of benzene rings is 2. The van der Waals surface area contributed by atoms with Gasteiger partial charge in [-0.25, -0.2) is 0 Å². The van der Waals surface area contributed by atoms with Crippen molar-refractivity contribution in [2.24, 2.45) is 0 Å². The maximum atomic E-state index is 12.4. The van der Waals surface area contributed by atoms with Crippen molar-refractivity contribution in [3.8, 4) is 11.5 Å². The van der Waals surface area contributed by atoms with Gasteiger partial charge in [0.25, 0.3) is 0 Å². The highest BCUT2D eigenvalue weighted by Gasteiger charge is 2.35. The van der Waals surface area contributed by atoms with Crippen LogP contribution < -0.4 is 20.1 Å². The number of alkyl halides is 3. The third-order valence-corrected chi connectivity index (χ3v) is 5.29. The zero-order chi connectivity index (χ0) is 23.2. The number of anilines is 1.